The summed E-state index contributed by atoms with van der Waals surface area (Å²) < 4.78 is 4.91. The minimum absolute atomic E-state index is 0.119. The van der Waals surface area contributed by atoms with Crippen LogP contribution in [0.1, 0.15) is 18.9 Å². The standard InChI is InChI=1S/C21H23N3O4/c1-2-28-19(25)14-15-8-10-16(11-9-15)22-21(27)23-18-12-13-24(20(18)26)17-6-4-3-5-7-17/h3-11,18H,2,12-14H2,1H3,(H2,22,23,27)/t18-/m0/s1. The van der Waals surface area contributed by atoms with E-state index in [0.717, 1.165) is 11.3 Å². The van der Waals surface area contributed by atoms with Crippen LogP contribution in [0, 0.1) is 0 Å². The van der Waals surface area contributed by atoms with Gasteiger partial charge >= 0.3 is 12.0 Å². The van der Waals surface area contributed by atoms with Gasteiger partial charge in [-0.1, -0.05) is 30.3 Å². The number of amides is 3. The first-order valence-electron chi connectivity index (χ1n) is 9.25. The summed E-state index contributed by atoms with van der Waals surface area (Å²) in [5.74, 6) is -0.408. The topological polar surface area (TPSA) is 87.7 Å². The maximum absolute atomic E-state index is 12.5. The second kappa shape index (κ2) is 9.03. The third-order valence-electron chi connectivity index (χ3n) is 4.44. The highest BCUT2D eigenvalue weighted by molar-refractivity contribution is 6.02. The number of rotatable bonds is 6. The van der Waals surface area contributed by atoms with Crippen molar-refractivity contribution >= 4 is 29.3 Å². The quantitative estimate of drug-likeness (QED) is 0.753. The Labute approximate surface area is 163 Å². The van der Waals surface area contributed by atoms with Crippen LogP contribution in [0.15, 0.2) is 54.6 Å². The van der Waals surface area contributed by atoms with Crippen molar-refractivity contribution in [2.45, 2.75) is 25.8 Å². The van der Waals surface area contributed by atoms with Gasteiger partial charge in [-0.05, 0) is 43.2 Å². The van der Waals surface area contributed by atoms with Gasteiger partial charge in [0.05, 0.1) is 13.0 Å². The summed E-state index contributed by atoms with van der Waals surface area (Å²) in [5.41, 5.74) is 2.21. The van der Waals surface area contributed by atoms with Gasteiger partial charge in [-0.15, -0.1) is 0 Å². The molecule has 1 heterocycles. The molecule has 0 spiro atoms. The van der Waals surface area contributed by atoms with Crippen molar-refractivity contribution in [2.75, 3.05) is 23.4 Å². The molecule has 7 heteroatoms. The Morgan fingerprint density at radius 2 is 1.82 bits per heavy atom. The Balaban J connectivity index is 1.52. The third-order valence-corrected chi connectivity index (χ3v) is 4.44. The van der Waals surface area contributed by atoms with Crippen molar-refractivity contribution in [1.29, 1.82) is 0 Å². The van der Waals surface area contributed by atoms with Gasteiger partial charge in [-0.25, -0.2) is 4.79 Å². The molecule has 146 valence electrons. The number of esters is 1. The third kappa shape index (κ3) is 4.88. The van der Waals surface area contributed by atoms with Crippen LogP contribution in [0.4, 0.5) is 16.2 Å². The molecule has 0 saturated carbocycles. The van der Waals surface area contributed by atoms with Crippen molar-refractivity contribution in [2.24, 2.45) is 0 Å². The summed E-state index contributed by atoms with van der Waals surface area (Å²) >= 11 is 0. The van der Waals surface area contributed by atoms with Crippen LogP contribution in [0.2, 0.25) is 0 Å². The van der Waals surface area contributed by atoms with Crippen molar-refractivity contribution in [3.8, 4) is 0 Å². The summed E-state index contributed by atoms with van der Waals surface area (Å²) in [5, 5.41) is 5.44. The molecule has 28 heavy (non-hydrogen) atoms. The number of ether oxygens (including phenoxy) is 1. The summed E-state index contributed by atoms with van der Waals surface area (Å²) in [6, 6.07) is 15.3. The zero-order valence-electron chi connectivity index (χ0n) is 15.7. The summed E-state index contributed by atoms with van der Waals surface area (Å²) in [6.07, 6.45) is 0.742. The van der Waals surface area contributed by atoms with Crippen molar-refractivity contribution in [3.63, 3.8) is 0 Å². The second-order valence-electron chi connectivity index (χ2n) is 6.44. The van der Waals surface area contributed by atoms with Gasteiger partial charge in [-0.2, -0.15) is 0 Å². The summed E-state index contributed by atoms with van der Waals surface area (Å²) in [7, 11) is 0. The molecule has 7 nitrogen and oxygen atoms in total. The number of nitrogens with zero attached hydrogens (tertiary/aromatic N) is 1. The summed E-state index contributed by atoms with van der Waals surface area (Å²) in [6.45, 7) is 2.67. The van der Waals surface area contributed by atoms with Crippen LogP contribution in [0.3, 0.4) is 0 Å². The monoisotopic (exact) mass is 381 g/mol. The molecule has 0 bridgehead atoms. The van der Waals surface area contributed by atoms with Gasteiger partial charge < -0.3 is 20.3 Å². The van der Waals surface area contributed by atoms with E-state index in [9.17, 15) is 14.4 Å². The summed E-state index contributed by atoms with van der Waals surface area (Å²) in [4.78, 5) is 37.9. The van der Waals surface area contributed by atoms with E-state index in [-0.39, 0.29) is 18.3 Å². The number of benzene rings is 2. The number of para-hydroxylation sites is 1. The van der Waals surface area contributed by atoms with Gasteiger partial charge in [0, 0.05) is 17.9 Å². The van der Waals surface area contributed by atoms with E-state index >= 15 is 0 Å². The largest absolute Gasteiger partial charge is 0.466 e. The molecule has 1 saturated heterocycles. The van der Waals surface area contributed by atoms with Crippen LogP contribution >= 0.6 is 0 Å². The fourth-order valence-corrected chi connectivity index (χ4v) is 3.09. The molecule has 0 aliphatic carbocycles. The van der Waals surface area contributed by atoms with Crippen LogP contribution in [-0.2, 0) is 20.7 Å². The lowest BCUT2D eigenvalue weighted by Gasteiger charge is -2.17. The van der Waals surface area contributed by atoms with Crippen molar-refractivity contribution in [1.82, 2.24) is 5.32 Å². The molecular weight excluding hydrogens is 358 g/mol. The highest BCUT2D eigenvalue weighted by Crippen LogP contribution is 2.21. The molecule has 2 aromatic carbocycles. The number of hydrogen-bond acceptors (Lipinski definition) is 4. The predicted molar refractivity (Wildman–Crippen MR) is 106 cm³/mol. The Bertz CT molecular complexity index is 836. The number of urea groups is 1. The van der Waals surface area contributed by atoms with Crippen molar-refractivity contribution < 1.29 is 19.1 Å². The molecule has 3 amide bonds. The second-order valence-corrected chi connectivity index (χ2v) is 6.44. The van der Waals surface area contributed by atoms with E-state index in [4.69, 9.17) is 4.74 Å². The zero-order chi connectivity index (χ0) is 19.9. The van der Waals surface area contributed by atoms with E-state index in [1.807, 2.05) is 30.3 Å². The van der Waals surface area contributed by atoms with Crippen LogP contribution in [-0.4, -0.2) is 37.1 Å². The lowest BCUT2D eigenvalue weighted by molar-refractivity contribution is -0.142. The van der Waals surface area contributed by atoms with E-state index in [0.29, 0.717) is 25.3 Å². The van der Waals surface area contributed by atoms with E-state index in [1.165, 1.54) is 0 Å². The van der Waals surface area contributed by atoms with Crippen LogP contribution < -0.4 is 15.5 Å². The number of nitrogens with one attached hydrogen (secondary N) is 2. The smallest absolute Gasteiger partial charge is 0.319 e. The average molecular weight is 381 g/mol. The van der Waals surface area contributed by atoms with Crippen LogP contribution in [0.5, 0.6) is 0 Å². The van der Waals surface area contributed by atoms with E-state index < -0.39 is 12.1 Å². The fourth-order valence-electron chi connectivity index (χ4n) is 3.09. The fraction of sp³-hybridized carbons (Fsp3) is 0.286. The SMILES string of the molecule is CCOC(=O)Cc1ccc(NC(=O)N[C@H]2CCN(c3ccccc3)C2=O)cc1. The Morgan fingerprint density at radius 1 is 1.11 bits per heavy atom. The zero-order valence-corrected chi connectivity index (χ0v) is 15.7. The molecule has 2 aromatic rings. The molecule has 1 fully saturated rings. The first-order valence-corrected chi connectivity index (χ1v) is 9.25. The van der Waals surface area contributed by atoms with Gasteiger partial charge in [-0.3, -0.25) is 9.59 Å². The van der Waals surface area contributed by atoms with E-state index in [1.54, 1.807) is 36.1 Å². The van der Waals surface area contributed by atoms with Gasteiger partial charge in [0.25, 0.3) is 0 Å². The van der Waals surface area contributed by atoms with Gasteiger partial charge in [0.2, 0.25) is 5.91 Å². The molecule has 3 rings (SSSR count). The lowest BCUT2D eigenvalue weighted by atomic mass is 10.1. The number of carbonyl (C=O) groups is 3. The molecule has 2 N–H and O–H groups in total. The maximum Gasteiger partial charge on any atom is 0.319 e. The number of carbonyl (C=O) groups excluding carboxylic acids is 3. The highest BCUT2D eigenvalue weighted by Gasteiger charge is 2.33. The number of anilines is 2. The molecule has 1 aliphatic rings. The maximum atomic E-state index is 12.5. The van der Waals surface area contributed by atoms with Crippen molar-refractivity contribution in [3.05, 3.63) is 60.2 Å². The molecule has 0 unspecified atom stereocenters. The highest BCUT2D eigenvalue weighted by atomic mass is 16.5. The van der Waals surface area contributed by atoms with E-state index in [2.05, 4.69) is 10.6 Å². The van der Waals surface area contributed by atoms with Gasteiger partial charge in [0.15, 0.2) is 0 Å². The lowest BCUT2D eigenvalue weighted by Crippen LogP contribution is -2.43. The first-order chi connectivity index (χ1) is 13.6. The molecule has 1 atom stereocenters. The minimum Gasteiger partial charge on any atom is -0.466 e. The van der Waals surface area contributed by atoms with Gasteiger partial charge in [0.1, 0.15) is 6.04 Å². The van der Waals surface area contributed by atoms with Crippen LogP contribution in [0.25, 0.3) is 0 Å². The Hall–Kier alpha value is -3.35. The predicted octanol–water partition coefficient (Wildman–Crippen LogP) is 2.72. The molecular formula is C21H23N3O4. The normalized spacial score (nSPS) is 16.0. The number of hydrogen-bond donors (Lipinski definition) is 2. The molecule has 0 aromatic heterocycles. The molecule has 1 aliphatic heterocycles. The first kappa shape index (κ1) is 19.4. The Morgan fingerprint density at radius 3 is 2.50 bits per heavy atom. The minimum atomic E-state index is -0.553. The molecule has 0 radical (unpaired) electrons. The average Bonchev–Trinajstić information content (AvgIpc) is 3.04. The Kier molecular flexibility index (Phi) is 6.26.